The van der Waals surface area contributed by atoms with Gasteiger partial charge in [-0.3, -0.25) is 4.79 Å². The van der Waals surface area contributed by atoms with Gasteiger partial charge in [-0.15, -0.1) is 0 Å². The molecule has 1 aromatic carbocycles. The van der Waals surface area contributed by atoms with Crippen molar-refractivity contribution in [3.63, 3.8) is 0 Å². The first-order chi connectivity index (χ1) is 9.56. The molecule has 5 heteroatoms. The molecule has 112 valence electrons. The average molecular weight is 280 g/mol. The number of amides is 1. The third kappa shape index (κ3) is 5.59. The van der Waals surface area contributed by atoms with Crippen molar-refractivity contribution in [3.05, 3.63) is 29.3 Å². The fourth-order valence-electron chi connectivity index (χ4n) is 1.93. The van der Waals surface area contributed by atoms with Gasteiger partial charge in [0.15, 0.2) is 0 Å². The molecule has 0 unspecified atom stereocenters. The molecule has 0 aliphatic carbocycles. The number of benzene rings is 1. The fraction of sp³-hybridized carbons (Fsp3) is 0.533. The Hall–Kier alpha value is -1.59. The van der Waals surface area contributed by atoms with Crippen LogP contribution in [0.1, 0.15) is 31.4 Å². The van der Waals surface area contributed by atoms with Crippen molar-refractivity contribution < 1.29 is 14.3 Å². The summed E-state index contributed by atoms with van der Waals surface area (Å²) in [5, 5.41) is 3.27. The van der Waals surface area contributed by atoms with E-state index in [1.807, 2.05) is 26.0 Å². The van der Waals surface area contributed by atoms with Crippen LogP contribution in [0.15, 0.2) is 18.2 Å². The van der Waals surface area contributed by atoms with Gasteiger partial charge < -0.3 is 20.5 Å². The number of ether oxygens (including phenoxy) is 2. The zero-order chi connectivity index (χ0) is 15.0. The number of nitrogens with one attached hydrogen (secondary N) is 1. The summed E-state index contributed by atoms with van der Waals surface area (Å²) in [4.78, 5) is 10.8. The molecule has 20 heavy (non-hydrogen) atoms. The molecule has 0 saturated carbocycles. The van der Waals surface area contributed by atoms with Gasteiger partial charge >= 0.3 is 0 Å². The molecule has 1 rings (SSSR count). The molecule has 0 aliphatic rings. The fourth-order valence-corrected chi connectivity index (χ4v) is 1.93. The Bertz CT molecular complexity index is 435. The van der Waals surface area contributed by atoms with Gasteiger partial charge in [0.1, 0.15) is 5.75 Å². The summed E-state index contributed by atoms with van der Waals surface area (Å²) < 4.78 is 10.7. The van der Waals surface area contributed by atoms with E-state index in [2.05, 4.69) is 11.4 Å². The van der Waals surface area contributed by atoms with E-state index in [1.165, 1.54) is 0 Å². The summed E-state index contributed by atoms with van der Waals surface area (Å²) in [6.45, 7) is 5.78. The Balaban J connectivity index is 2.63. The number of hydrogen-bond acceptors (Lipinski definition) is 4. The smallest absolute Gasteiger partial charge is 0.218 e. The predicted octanol–water partition coefficient (Wildman–Crippen LogP) is 1.59. The third-order valence-corrected chi connectivity index (χ3v) is 2.97. The maximum Gasteiger partial charge on any atom is 0.218 e. The summed E-state index contributed by atoms with van der Waals surface area (Å²) >= 11 is 0. The molecule has 0 spiro atoms. The van der Waals surface area contributed by atoms with Crippen molar-refractivity contribution in [3.8, 4) is 5.75 Å². The molecule has 5 nitrogen and oxygen atoms in total. The van der Waals surface area contributed by atoms with Gasteiger partial charge in [0.25, 0.3) is 0 Å². The van der Waals surface area contributed by atoms with E-state index in [9.17, 15) is 4.79 Å². The lowest BCUT2D eigenvalue weighted by Crippen LogP contribution is -2.30. The minimum absolute atomic E-state index is 0.0601. The number of hydrogen-bond donors (Lipinski definition) is 2. The summed E-state index contributed by atoms with van der Waals surface area (Å²) in [5.74, 6) is 0.532. The van der Waals surface area contributed by atoms with Gasteiger partial charge in [-0.05, 0) is 31.5 Å². The van der Waals surface area contributed by atoms with E-state index in [0.29, 0.717) is 26.2 Å². The molecule has 0 radical (unpaired) electrons. The molecule has 0 aromatic heterocycles. The lowest BCUT2D eigenvalue weighted by atomic mass is 10.1. The van der Waals surface area contributed by atoms with Crippen molar-refractivity contribution in [2.24, 2.45) is 5.73 Å². The maximum atomic E-state index is 10.8. The van der Waals surface area contributed by atoms with Gasteiger partial charge in [0.05, 0.1) is 13.7 Å². The number of carbonyl (C=O) groups excluding carboxylic acids is 1. The van der Waals surface area contributed by atoms with E-state index >= 15 is 0 Å². The predicted molar refractivity (Wildman–Crippen MR) is 78.4 cm³/mol. The van der Waals surface area contributed by atoms with E-state index in [0.717, 1.165) is 16.9 Å². The molecule has 0 aliphatic heterocycles. The first kappa shape index (κ1) is 16.5. The Morgan fingerprint density at radius 3 is 2.80 bits per heavy atom. The van der Waals surface area contributed by atoms with Gasteiger partial charge in [0, 0.05) is 31.2 Å². The molecule has 0 fully saturated rings. The van der Waals surface area contributed by atoms with Crippen LogP contribution < -0.4 is 15.8 Å². The highest BCUT2D eigenvalue weighted by Crippen LogP contribution is 2.21. The first-order valence-electron chi connectivity index (χ1n) is 6.82. The number of methoxy groups -OCH3 is 1. The molecule has 0 heterocycles. The van der Waals surface area contributed by atoms with Gasteiger partial charge in [-0.25, -0.2) is 0 Å². The zero-order valence-electron chi connectivity index (χ0n) is 12.4. The molecule has 1 atom stereocenters. The molecule has 3 N–H and O–H groups in total. The van der Waals surface area contributed by atoms with Crippen molar-refractivity contribution in [1.82, 2.24) is 5.32 Å². The third-order valence-electron chi connectivity index (χ3n) is 2.97. The van der Waals surface area contributed by atoms with E-state index < -0.39 is 0 Å². The summed E-state index contributed by atoms with van der Waals surface area (Å²) in [5.41, 5.74) is 7.31. The minimum Gasteiger partial charge on any atom is -0.496 e. The topological polar surface area (TPSA) is 73.6 Å². The largest absolute Gasteiger partial charge is 0.496 e. The van der Waals surface area contributed by atoms with Crippen LogP contribution in [0.25, 0.3) is 0 Å². The number of nitrogens with two attached hydrogens (primary N) is 1. The zero-order valence-corrected chi connectivity index (χ0v) is 12.4. The molecular formula is C15H24N2O3. The van der Waals surface area contributed by atoms with Crippen molar-refractivity contribution in [2.45, 2.75) is 39.5 Å². The second kappa shape index (κ2) is 8.55. The van der Waals surface area contributed by atoms with Crippen molar-refractivity contribution >= 4 is 5.91 Å². The highest BCUT2D eigenvalue weighted by Gasteiger charge is 2.08. The van der Waals surface area contributed by atoms with Crippen LogP contribution in [-0.4, -0.2) is 25.7 Å². The molecule has 1 amide bonds. The van der Waals surface area contributed by atoms with Crippen LogP contribution in [0.4, 0.5) is 0 Å². The second-order valence-electron chi connectivity index (χ2n) is 4.74. The van der Waals surface area contributed by atoms with E-state index in [4.69, 9.17) is 15.2 Å². The Morgan fingerprint density at radius 2 is 2.20 bits per heavy atom. The SMILES string of the molecule is CCOCc1cc(CN[C@@H](C)CC(N)=O)ccc1OC. The molecular weight excluding hydrogens is 256 g/mol. The van der Waals surface area contributed by atoms with Crippen LogP contribution in [-0.2, 0) is 22.7 Å². The lowest BCUT2D eigenvalue weighted by molar-refractivity contribution is -0.118. The van der Waals surface area contributed by atoms with Crippen LogP contribution >= 0.6 is 0 Å². The first-order valence-corrected chi connectivity index (χ1v) is 6.82. The van der Waals surface area contributed by atoms with Gasteiger partial charge in [-0.1, -0.05) is 6.07 Å². The van der Waals surface area contributed by atoms with Crippen LogP contribution in [0.2, 0.25) is 0 Å². The van der Waals surface area contributed by atoms with Crippen molar-refractivity contribution in [2.75, 3.05) is 13.7 Å². The summed E-state index contributed by atoms with van der Waals surface area (Å²) in [6, 6.07) is 6.05. The summed E-state index contributed by atoms with van der Waals surface area (Å²) in [6.07, 6.45) is 0.335. The number of rotatable bonds is 9. The molecule has 0 saturated heterocycles. The summed E-state index contributed by atoms with van der Waals surface area (Å²) in [7, 11) is 1.65. The Morgan fingerprint density at radius 1 is 1.45 bits per heavy atom. The van der Waals surface area contributed by atoms with E-state index in [1.54, 1.807) is 7.11 Å². The van der Waals surface area contributed by atoms with Gasteiger partial charge in [0.2, 0.25) is 5.91 Å². The number of primary amides is 1. The van der Waals surface area contributed by atoms with Crippen molar-refractivity contribution in [1.29, 1.82) is 0 Å². The Kier molecular flexibility index (Phi) is 7.04. The molecule has 1 aromatic rings. The molecule has 0 bridgehead atoms. The number of carbonyl (C=O) groups is 1. The Labute approximate surface area is 120 Å². The van der Waals surface area contributed by atoms with Crippen LogP contribution in [0.3, 0.4) is 0 Å². The standard InChI is InChI=1S/C15H24N2O3/c1-4-20-10-13-8-12(5-6-14(13)19-3)9-17-11(2)7-15(16)18/h5-6,8,11,17H,4,7,9-10H2,1-3H3,(H2,16,18)/t11-/m0/s1. The maximum absolute atomic E-state index is 10.8. The quantitative estimate of drug-likeness (QED) is 0.720. The monoisotopic (exact) mass is 280 g/mol. The lowest BCUT2D eigenvalue weighted by Gasteiger charge is -2.14. The van der Waals surface area contributed by atoms with Crippen LogP contribution in [0.5, 0.6) is 5.75 Å². The minimum atomic E-state index is -0.295. The normalized spacial score (nSPS) is 12.2. The van der Waals surface area contributed by atoms with E-state index in [-0.39, 0.29) is 11.9 Å². The average Bonchev–Trinajstić information content (AvgIpc) is 2.42. The van der Waals surface area contributed by atoms with Crippen LogP contribution in [0, 0.1) is 0 Å². The highest BCUT2D eigenvalue weighted by atomic mass is 16.5. The second-order valence-corrected chi connectivity index (χ2v) is 4.74. The van der Waals surface area contributed by atoms with Gasteiger partial charge in [-0.2, -0.15) is 0 Å². The highest BCUT2D eigenvalue weighted by molar-refractivity contribution is 5.74.